The van der Waals surface area contributed by atoms with Crippen LogP contribution in [-0.2, 0) is 39.6 Å². The van der Waals surface area contributed by atoms with Crippen LogP contribution in [0.5, 0.6) is 17.2 Å². The number of ketones is 2. The van der Waals surface area contributed by atoms with Crippen molar-refractivity contribution >= 4 is 43.2 Å². The van der Waals surface area contributed by atoms with Gasteiger partial charge in [0.05, 0.1) is 30.3 Å². The molecular weight excluding hydrogens is 845 g/mol. The lowest BCUT2D eigenvalue weighted by atomic mass is 9.44. The number of allylic oxidation sites excluding steroid dienone is 4. The second-order valence-corrected chi connectivity index (χ2v) is 20.8. The number of carbonyl (C=O) groups excluding carboxylic acids is 5. The number of hydrogen-bond acceptors (Lipinski definition) is 12. The highest BCUT2D eigenvalue weighted by molar-refractivity contribution is 7.46. The summed E-state index contributed by atoms with van der Waals surface area (Å²) in [5, 5.41) is 4.96. The molecule has 3 saturated carbocycles. The number of nitrogens with zero attached hydrogens (tertiary/aromatic N) is 1. The number of rotatable bonds is 12. The van der Waals surface area contributed by atoms with Crippen LogP contribution in [0.4, 0.5) is 0 Å². The number of ether oxygens (including phenoxy) is 4. The summed E-state index contributed by atoms with van der Waals surface area (Å²) in [6.07, 6.45) is 11.0. The molecule has 17 heteroatoms. The molecule has 1 aromatic carbocycles. The molecular formula is C47H60N3O13P. The van der Waals surface area contributed by atoms with E-state index in [-0.39, 0.29) is 65.4 Å². The molecule has 4 N–H and O–H groups in total. The highest BCUT2D eigenvalue weighted by atomic mass is 31.2. The Labute approximate surface area is 373 Å². The van der Waals surface area contributed by atoms with Crippen molar-refractivity contribution in [2.24, 2.45) is 17.8 Å². The number of nitrogens with one attached hydrogen (secondary N) is 2. The Bertz CT molecular complexity index is 2370. The van der Waals surface area contributed by atoms with Crippen molar-refractivity contribution in [3.63, 3.8) is 0 Å². The first-order valence-corrected chi connectivity index (χ1v) is 23.8. The summed E-state index contributed by atoms with van der Waals surface area (Å²) in [4.78, 5) is 92.9. The van der Waals surface area contributed by atoms with Crippen molar-refractivity contribution in [1.29, 1.82) is 0 Å². The van der Waals surface area contributed by atoms with Crippen LogP contribution in [-0.4, -0.2) is 105 Å². The summed E-state index contributed by atoms with van der Waals surface area (Å²) in [6, 6.07) is -1.64. The van der Waals surface area contributed by atoms with Crippen LogP contribution in [0.2, 0.25) is 0 Å². The lowest BCUT2D eigenvalue weighted by Crippen LogP contribution is -2.82. The first kappa shape index (κ1) is 46.1. The van der Waals surface area contributed by atoms with E-state index in [1.807, 2.05) is 60.6 Å². The molecule has 346 valence electrons. The molecule has 1 spiro atoms. The smallest absolute Gasteiger partial charge is 0.482 e. The predicted molar refractivity (Wildman–Crippen MR) is 234 cm³/mol. The number of hydrogen-bond donors (Lipinski definition) is 4. The minimum Gasteiger partial charge on any atom is -0.482 e. The molecule has 4 bridgehead atoms. The summed E-state index contributed by atoms with van der Waals surface area (Å²) in [6.45, 7) is 16.7. The molecule has 0 radical (unpaired) electrons. The molecule has 3 amide bonds. The third-order valence-corrected chi connectivity index (χ3v) is 14.7. The minimum absolute atomic E-state index is 0.00348. The van der Waals surface area contributed by atoms with Crippen LogP contribution in [0.3, 0.4) is 0 Å². The monoisotopic (exact) mass is 905 g/mol. The normalized spacial score (nSPS) is 32.7. The van der Waals surface area contributed by atoms with Crippen LogP contribution in [0.25, 0.3) is 6.08 Å². The second kappa shape index (κ2) is 16.5. The van der Waals surface area contributed by atoms with Gasteiger partial charge >= 0.3 is 7.82 Å². The van der Waals surface area contributed by atoms with E-state index < -0.39 is 83.6 Å². The molecule has 5 aliphatic heterocycles. The van der Waals surface area contributed by atoms with E-state index >= 15 is 9.59 Å². The molecule has 3 aliphatic carbocycles. The predicted octanol–water partition coefficient (Wildman–Crippen LogP) is 5.23. The van der Waals surface area contributed by atoms with Gasteiger partial charge < -0.3 is 28.8 Å². The zero-order chi connectivity index (χ0) is 46.3. The number of morpholine rings is 1. The van der Waals surface area contributed by atoms with E-state index in [1.165, 1.54) is 0 Å². The van der Waals surface area contributed by atoms with E-state index in [1.54, 1.807) is 19.1 Å². The Hall–Kier alpha value is -4.44. The van der Waals surface area contributed by atoms with E-state index in [2.05, 4.69) is 21.6 Å². The number of fused-ring (bicyclic) bond motifs is 2. The Morgan fingerprint density at radius 3 is 2.36 bits per heavy atom. The molecule has 8 aliphatic rings. The van der Waals surface area contributed by atoms with Gasteiger partial charge in [0, 0.05) is 54.9 Å². The number of amides is 3. The average Bonchev–Trinajstić information content (AvgIpc) is 3.35. The summed E-state index contributed by atoms with van der Waals surface area (Å²) in [5.74, 6) is -4.88. The van der Waals surface area contributed by atoms with Gasteiger partial charge in [0.2, 0.25) is 17.7 Å². The van der Waals surface area contributed by atoms with Gasteiger partial charge in [0.15, 0.2) is 28.5 Å². The van der Waals surface area contributed by atoms with Crippen LogP contribution in [0.15, 0.2) is 41.0 Å². The molecule has 9 rings (SSSR count). The van der Waals surface area contributed by atoms with E-state index in [4.69, 9.17) is 23.5 Å². The van der Waals surface area contributed by atoms with Gasteiger partial charge in [0.25, 0.3) is 0 Å². The largest absolute Gasteiger partial charge is 0.524 e. The summed E-state index contributed by atoms with van der Waals surface area (Å²) >= 11 is 0. The van der Waals surface area contributed by atoms with E-state index in [0.717, 1.165) is 11.1 Å². The van der Waals surface area contributed by atoms with Crippen molar-refractivity contribution in [3.8, 4) is 17.2 Å². The molecule has 0 aromatic heterocycles. The van der Waals surface area contributed by atoms with Gasteiger partial charge in [-0.25, -0.2) is 4.57 Å². The van der Waals surface area contributed by atoms with Crippen molar-refractivity contribution in [1.82, 2.24) is 15.5 Å². The van der Waals surface area contributed by atoms with Gasteiger partial charge in [0.1, 0.15) is 28.7 Å². The number of phosphoric acid groups is 1. The van der Waals surface area contributed by atoms with Crippen LogP contribution in [0.1, 0.15) is 115 Å². The Morgan fingerprint density at radius 2 is 1.70 bits per heavy atom. The third kappa shape index (κ3) is 7.71. The molecule has 64 heavy (non-hydrogen) atoms. The highest BCUT2D eigenvalue weighted by Crippen LogP contribution is 2.71. The zero-order valence-corrected chi connectivity index (χ0v) is 38.7. The Morgan fingerprint density at radius 1 is 1.00 bits per heavy atom. The van der Waals surface area contributed by atoms with Crippen molar-refractivity contribution in [2.75, 3.05) is 26.3 Å². The molecule has 6 fully saturated rings. The standard InChI is InChI=1S/C47H60N3O13P/c1-25(2)10-9-17-45(8)18-16-29-38(60-45)28(12-11-26(3)4)39-34(40(29)62-64(56,57)58)37(52)35-36(50-20-22-59-23-21-50)30-24-32-44(6,7)63-46(41(30)53,47(32,35)61-39)19-15-27(5)42(54)48-31-13-14-33(51)49-43(31)55/h10-11,15-16,18,30-32,35-36H,9,12-14,17,19-24H2,1-8H3,(H,48,54)(H,49,51,55)(H2,56,57,58). The van der Waals surface area contributed by atoms with Gasteiger partial charge in [-0.3, -0.25) is 44.0 Å². The van der Waals surface area contributed by atoms with Gasteiger partial charge in [-0.2, -0.15) is 0 Å². The number of piperidine rings is 1. The summed E-state index contributed by atoms with van der Waals surface area (Å²) in [7, 11) is -5.32. The minimum atomic E-state index is -5.32. The number of carbonyl (C=O) groups is 5. The lowest BCUT2D eigenvalue weighted by molar-refractivity contribution is -0.215. The van der Waals surface area contributed by atoms with Crippen molar-refractivity contribution in [3.05, 3.63) is 57.7 Å². The fourth-order valence-electron chi connectivity index (χ4n) is 11.4. The first-order valence-electron chi connectivity index (χ1n) is 22.3. The maximum absolute atomic E-state index is 16.1. The van der Waals surface area contributed by atoms with Crippen LogP contribution in [0, 0.1) is 17.8 Å². The summed E-state index contributed by atoms with van der Waals surface area (Å²) in [5.41, 5.74) is -2.67. The third-order valence-electron chi connectivity index (χ3n) is 14.3. The SMILES string of the molecule is CC(C)=CCCC1(C)C=Cc2c(c(CC=C(C)C)c3c(c2OP(=O)(O)O)C(=O)C2C(N4CCOCC4)C4CC5C(C)(C)OC(CC=C(C)C(=O)NC6CCC(=O)NC6=O)(C4=O)C25O3)O1. The molecule has 3 saturated heterocycles. The number of Topliss-reactive ketones (excluding diaryl/α,β-unsaturated/α-hetero) is 2. The van der Waals surface area contributed by atoms with Crippen LogP contribution < -0.4 is 24.6 Å². The number of imide groups is 1. The van der Waals surface area contributed by atoms with Gasteiger partial charge in [-0.05, 0) is 99.6 Å². The van der Waals surface area contributed by atoms with E-state index in [9.17, 15) is 28.7 Å². The van der Waals surface area contributed by atoms with Gasteiger partial charge in [-0.15, -0.1) is 0 Å². The second-order valence-electron chi connectivity index (χ2n) is 19.6. The molecule has 8 unspecified atom stereocenters. The molecule has 8 atom stereocenters. The fourth-order valence-corrected chi connectivity index (χ4v) is 11.8. The summed E-state index contributed by atoms with van der Waals surface area (Å²) < 4.78 is 45.8. The van der Waals surface area contributed by atoms with Crippen molar-refractivity contribution in [2.45, 2.75) is 135 Å². The topological polar surface area (TPSA) is 216 Å². The maximum Gasteiger partial charge on any atom is 0.524 e. The highest BCUT2D eigenvalue weighted by Gasteiger charge is 2.86. The first-order chi connectivity index (χ1) is 30.0. The quantitative estimate of drug-likeness (QED) is 0.0915. The number of benzene rings is 1. The van der Waals surface area contributed by atoms with E-state index in [0.29, 0.717) is 51.1 Å². The molecule has 16 nitrogen and oxygen atoms in total. The average molecular weight is 906 g/mol. The molecule has 5 heterocycles. The Kier molecular flexibility index (Phi) is 11.9. The van der Waals surface area contributed by atoms with Crippen LogP contribution >= 0.6 is 7.82 Å². The van der Waals surface area contributed by atoms with Crippen molar-refractivity contribution < 1.29 is 61.8 Å². The van der Waals surface area contributed by atoms with Gasteiger partial charge in [-0.1, -0.05) is 29.4 Å². The zero-order valence-electron chi connectivity index (χ0n) is 37.8. The molecule has 1 aromatic rings. The lowest BCUT2D eigenvalue weighted by Gasteiger charge is -2.64. The maximum atomic E-state index is 16.1. The number of phosphoric ester groups is 1. The fraction of sp³-hybridized carbons (Fsp3) is 0.596. The Balaban J connectivity index is 1.34.